The zero-order valence-electron chi connectivity index (χ0n) is 14.2. The van der Waals surface area contributed by atoms with Crippen molar-refractivity contribution in [3.05, 3.63) is 78.9 Å². The van der Waals surface area contributed by atoms with Gasteiger partial charge >= 0.3 is 0 Å². The van der Waals surface area contributed by atoms with Crippen LogP contribution in [-0.4, -0.2) is 17.1 Å². The Morgan fingerprint density at radius 2 is 1.58 bits per heavy atom. The van der Waals surface area contributed by atoms with Crippen molar-refractivity contribution in [3.8, 4) is 17.1 Å². The summed E-state index contributed by atoms with van der Waals surface area (Å²) in [5, 5.41) is 4.38. The van der Waals surface area contributed by atoms with E-state index in [0.717, 1.165) is 33.7 Å². The summed E-state index contributed by atoms with van der Waals surface area (Å²) in [4.78, 5) is 9.46. The molecule has 0 fully saturated rings. The molecule has 0 bridgehead atoms. The van der Waals surface area contributed by atoms with Crippen LogP contribution in [0.4, 0.5) is 11.5 Å². The summed E-state index contributed by atoms with van der Waals surface area (Å²) in [5.74, 6) is 2.27. The Morgan fingerprint density at radius 1 is 0.808 bits per heavy atom. The fourth-order valence-electron chi connectivity index (χ4n) is 2.73. The quantitative estimate of drug-likeness (QED) is 0.603. The number of halogens is 1. The lowest BCUT2D eigenvalue weighted by atomic mass is 10.2. The molecule has 0 atom stereocenters. The van der Waals surface area contributed by atoms with Gasteiger partial charge in [-0.25, -0.2) is 9.97 Å². The normalized spacial score (nSPS) is 10.2. The van der Waals surface area contributed by atoms with Gasteiger partial charge < -0.3 is 22.5 Å². The lowest BCUT2D eigenvalue weighted by molar-refractivity contribution is -0.00000535. The van der Waals surface area contributed by atoms with Crippen LogP contribution in [0.25, 0.3) is 22.3 Å². The molecule has 1 heterocycles. The molecule has 26 heavy (non-hydrogen) atoms. The van der Waals surface area contributed by atoms with Gasteiger partial charge in [0.15, 0.2) is 5.82 Å². The molecule has 130 valence electrons. The van der Waals surface area contributed by atoms with E-state index in [-0.39, 0.29) is 12.4 Å². The predicted molar refractivity (Wildman–Crippen MR) is 101 cm³/mol. The predicted octanol–water partition coefficient (Wildman–Crippen LogP) is 2.05. The van der Waals surface area contributed by atoms with Gasteiger partial charge in [-0.3, -0.25) is 0 Å². The minimum Gasteiger partial charge on any atom is -1.00 e. The van der Waals surface area contributed by atoms with E-state index in [4.69, 9.17) is 14.7 Å². The number of methoxy groups -OCH3 is 1. The molecule has 0 unspecified atom stereocenters. The van der Waals surface area contributed by atoms with Gasteiger partial charge in [-0.2, -0.15) is 0 Å². The lowest BCUT2D eigenvalue weighted by Crippen LogP contribution is -3.00. The molecule has 1 N–H and O–H groups in total. The Labute approximate surface area is 158 Å². The van der Waals surface area contributed by atoms with E-state index in [1.54, 1.807) is 7.11 Å². The number of ether oxygens (including phenoxy) is 1. The second-order valence-electron chi connectivity index (χ2n) is 5.64. The van der Waals surface area contributed by atoms with Gasteiger partial charge in [0.1, 0.15) is 11.6 Å². The van der Waals surface area contributed by atoms with E-state index in [2.05, 4.69) is 5.32 Å². The Bertz CT molecular complexity index is 1020. The molecule has 0 saturated heterocycles. The van der Waals surface area contributed by atoms with E-state index in [9.17, 15) is 0 Å². The van der Waals surface area contributed by atoms with Crippen LogP contribution in [0.1, 0.15) is 0 Å². The minimum atomic E-state index is 0. The van der Waals surface area contributed by atoms with Gasteiger partial charge in [0.25, 0.3) is 0 Å². The van der Waals surface area contributed by atoms with Crippen molar-refractivity contribution in [3.63, 3.8) is 0 Å². The first-order valence-corrected chi connectivity index (χ1v) is 8.07. The second-order valence-corrected chi connectivity index (χ2v) is 5.64. The molecular formula is C21H17ClN3O-. The highest BCUT2D eigenvalue weighted by atomic mass is 35.5. The van der Waals surface area contributed by atoms with Crippen LogP contribution in [0.5, 0.6) is 5.75 Å². The second kappa shape index (κ2) is 7.85. The van der Waals surface area contributed by atoms with Crippen LogP contribution in [0.2, 0.25) is 0 Å². The van der Waals surface area contributed by atoms with Crippen LogP contribution in [0.15, 0.2) is 78.9 Å². The average Bonchev–Trinajstić information content (AvgIpc) is 2.69. The monoisotopic (exact) mass is 362 g/mol. The largest absolute Gasteiger partial charge is 1.00 e. The minimum absolute atomic E-state index is 0. The molecule has 5 heteroatoms. The zero-order chi connectivity index (χ0) is 17.1. The van der Waals surface area contributed by atoms with Crippen LogP contribution >= 0.6 is 0 Å². The smallest absolute Gasteiger partial charge is 0.162 e. The molecule has 0 aliphatic rings. The molecule has 4 aromatic rings. The Morgan fingerprint density at radius 3 is 2.38 bits per heavy atom. The highest BCUT2D eigenvalue weighted by Gasteiger charge is 2.09. The summed E-state index contributed by atoms with van der Waals surface area (Å²) in [6.45, 7) is 0. The maximum absolute atomic E-state index is 5.30. The molecule has 4 rings (SSSR count). The summed E-state index contributed by atoms with van der Waals surface area (Å²) in [5.41, 5.74) is 2.81. The van der Waals surface area contributed by atoms with Crippen LogP contribution in [-0.2, 0) is 0 Å². The summed E-state index contributed by atoms with van der Waals surface area (Å²) in [6, 6.07) is 25.8. The fraction of sp³-hybridized carbons (Fsp3) is 0.0476. The maximum Gasteiger partial charge on any atom is 0.162 e. The standard InChI is InChI=1S/C21H17N3O.ClH/c1-25-17-11-7-10-16(14-17)22-21-18-12-5-6-13-19(18)23-20(24-21)15-8-3-2-4-9-15;/h2-14H,1H3,(H,22,23,24);1H/p-1. The third-order valence-corrected chi connectivity index (χ3v) is 3.97. The van der Waals surface area contributed by atoms with Crippen molar-refractivity contribution in [2.75, 3.05) is 12.4 Å². The Balaban J connectivity index is 0.00000196. The molecule has 0 amide bonds. The highest BCUT2D eigenvalue weighted by Crippen LogP contribution is 2.28. The molecule has 0 aliphatic carbocycles. The Kier molecular flexibility index (Phi) is 5.34. The number of para-hydroxylation sites is 1. The van der Waals surface area contributed by atoms with Gasteiger partial charge in [0.05, 0.1) is 12.6 Å². The summed E-state index contributed by atoms with van der Waals surface area (Å²) < 4.78 is 5.30. The number of fused-ring (bicyclic) bond motifs is 1. The summed E-state index contributed by atoms with van der Waals surface area (Å²) in [6.07, 6.45) is 0. The van der Waals surface area contributed by atoms with Crippen molar-refractivity contribution >= 4 is 22.4 Å². The fourth-order valence-corrected chi connectivity index (χ4v) is 2.73. The van der Waals surface area contributed by atoms with Crippen molar-refractivity contribution in [1.29, 1.82) is 0 Å². The van der Waals surface area contributed by atoms with Crippen molar-refractivity contribution in [2.24, 2.45) is 0 Å². The van der Waals surface area contributed by atoms with Gasteiger partial charge in [0.2, 0.25) is 0 Å². The summed E-state index contributed by atoms with van der Waals surface area (Å²) in [7, 11) is 1.66. The van der Waals surface area contributed by atoms with Crippen LogP contribution < -0.4 is 22.5 Å². The molecule has 0 radical (unpaired) electrons. The van der Waals surface area contributed by atoms with Crippen LogP contribution in [0.3, 0.4) is 0 Å². The third-order valence-electron chi connectivity index (χ3n) is 3.97. The first-order valence-electron chi connectivity index (χ1n) is 8.07. The van der Waals surface area contributed by atoms with Crippen LogP contribution in [0, 0.1) is 0 Å². The van der Waals surface area contributed by atoms with Gasteiger partial charge in [-0.05, 0) is 24.3 Å². The van der Waals surface area contributed by atoms with Gasteiger partial charge in [-0.15, -0.1) is 0 Å². The molecular weight excluding hydrogens is 346 g/mol. The Hall–Kier alpha value is -3.11. The zero-order valence-corrected chi connectivity index (χ0v) is 14.9. The molecule has 0 saturated carbocycles. The topological polar surface area (TPSA) is 47.0 Å². The van der Waals surface area contributed by atoms with Crippen molar-refractivity contribution < 1.29 is 17.1 Å². The highest BCUT2D eigenvalue weighted by molar-refractivity contribution is 5.92. The number of nitrogens with zero attached hydrogens (tertiary/aromatic N) is 2. The van der Waals surface area contributed by atoms with Gasteiger partial charge in [0, 0.05) is 22.7 Å². The van der Waals surface area contributed by atoms with Gasteiger partial charge in [-0.1, -0.05) is 48.5 Å². The molecule has 1 aromatic heterocycles. The third kappa shape index (κ3) is 3.60. The first-order chi connectivity index (χ1) is 12.3. The number of aromatic nitrogens is 2. The number of hydrogen-bond donors (Lipinski definition) is 1. The van der Waals surface area contributed by atoms with E-state index in [0.29, 0.717) is 5.82 Å². The average molecular weight is 363 g/mol. The van der Waals surface area contributed by atoms with E-state index in [1.165, 1.54) is 0 Å². The molecule has 0 spiro atoms. The van der Waals surface area contributed by atoms with Crippen molar-refractivity contribution in [2.45, 2.75) is 0 Å². The number of hydrogen-bond acceptors (Lipinski definition) is 4. The number of rotatable bonds is 4. The number of nitrogens with one attached hydrogen (secondary N) is 1. The van der Waals surface area contributed by atoms with E-state index < -0.39 is 0 Å². The van der Waals surface area contributed by atoms with E-state index in [1.807, 2.05) is 78.9 Å². The molecule has 4 nitrogen and oxygen atoms in total. The maximum atomic E-state index is 5.30. The lowest BCUT2D eigenvalue weighted by Gasteiger charge is -2.12. The van der Waals surface area contributed by atoms with Crippen molar-refractivity contribution in [1.82, 2.24) is 9.97 Å². The van der Waals surface area contributed by atoms with E-state index >= 15 is 0 Å². The molecule has 3 aromatic carbocycles. The number of anilines is 2. The first kappa shape index (κ1) is 17.7. The summed E-state index contributed by atoms with van der Waals surface area (Å²) >= 11 is 0. The number of benzene rings is 3. The molecule has 0 aliphatic heterocycles. The SMILES string of the molecule is COc1cccc(Nc2nc(-c3ccccc3)nc3ccccc23)c1.[Cl-].